The summed E-state index contributed by atoms with van der Waals surface area (Å²) in [4.78, 5) is 54.0. The van der Waals surface area contributed by atoms with Crippen molar-refractivity contribution in [2.24, 2.45) is 0 Å². The third-order valence-electron chi connectivity index (χ3n) is 6.35. The third kappa shape index (κ3) is 4.26. The van der Waals surface area contributed by atoms with Crippen LogP contribution in [0.15, 0.2) is 76.3 Å². The van der Waals surface area contributed by atoms with Crippen LogP contribution in [0.3, 0.4) is 0 Å². The second-order valence-electron chi connectivity index (χ2n) is 9.03. The number of anilines is 2. The predicted octanol–water partition coefficient (Wildman–Crippen LogP) is 4.48. The molecule has 0 saturated heterocycles. The number of hydrogen-bond acceptors (Lipinski definition) is 5. The summed E-state index contributed by atoms with van der Waals surface area (Å²) >= 11 is 0. The van der Waals surface area contributed by atoms with Crippen molar-refractivity contribution in [2.75, 3.05) is 10.6 Å². The fraction of sp³-hybridized carbons (Fsp3) is 0.0690. The molecule has 0 fully saturated rings. The van der Waals surface area contributed by atoms with Crippen LogP contribution in [0.25, 0.3) is 21.5 Å². The van der Waals surface area contributed by atoms with Gasteiger partial charge < -0.3 is 15.7 Å². The Morgan fingerprint density at radius 1 is 0.737 bits per heavy atom. The van der Waals surface area contributed by atoms with Crippen LogP contribution < -0.4 is 21.8 Å². The van der Waals surface area contributed by atoms with Gasteiger partial charge in [-0.3, -0.25) is 24.8 Å². The van der Waals surface area contributed by atoms with E-state index < -0.39 is 23.0 Å². The quantitative estimate of drug-likeness (QED) is 0.175. The van der Waals surface area contributed by atoms with Crippen molar-refractivity contribution in [3.8, 4) is 0 Å². The first-order valence-corrected chi connectivity index (χ1v) is 11.7. The van der Waals surface area contributed by atoms with Gasteiger partial charge in [0, 0.05) is 44.0 Å². The predicted molar refractivity (Wildman–Crippen MR) is 147 cm³/mol. The normalized spacial score (nSPS) is 11.0. The number of rotatable bonds is 5. The highest BCUT2D eigenvalue weighted by atomic mass is 16.4. The standard InChI is InChI=1S/C29H22N4O5/c1-14-3-7-16(8-4-14)31-25(30)24-21(29(37)38)13-20(28(36)32-17-9-5-15(2)6-10-17)22-18-11-12-19(23(22)24)27(35)33-26(18)34/h3-13H,1-2H3,(H2,30,31)(H,32,36)(H,37,38)(H,33,34,35). The number of amidine groups is 1. The van der Waals surface area contributed by atoms with Crippen LogP contribution in [0.5, 0.6) is 0 Å². The highest BCUT2D eigenvalue weighted by molar-refractivity contribution is 6.29. The average Bonchev–Trinajstić information content (AvgIpc) is 3.09. The lowest BCUT2D eigenvalue weighted by Crippen LogP contribution is -2.20. The zero-order valence-corrected chi connectivity index (χ0v) is 20.4. The summed E-state index contributed by atoms with van der Waals surface area (Å²) in [7, 11) is 0. The number of H-pyrrole nitrogens is 1. The van der Waals surface area contributed by atoms with E-state index in [4.69, 9.17) is 5.41 Å². The van der Waals surface area contributed by atoms with E-state index in [0.29, 0.717) is 11.4 Å². The van der Waals surface area contributed by atoms with Gasteiger partial charge in [0.2, 0.25) is 0 Å². The van der Waals surface area contributed by atoms with Gasteiger partial charge in [0.15, 0.2) is 0 Å². The van der Waals surface area contributed by atoms with Gasteiger partial charge in [-0.2, -0.15) is 0 Å². The van der Waals surface area contributed by atoms with Gasteiger partial charge in [0.1, 0.15) is 5.84 Å². The topological polar surface area (TPSA) is 152 Å². The first kappa shape index (κ1) is 24.4. The number of carbonyl (C=O) groups is 2. The lowest BCUT2D eigenvalue weighted by Gasteiger charge is -2.17. The van der Waals surface area contributed by atoms with Crippen molar-refractivity contribution >= 4 is 50.6 Å². The van der Waals surface area contributed by atoms with E-state index in [0.717, 1.165) is 17.2 Å². The molecule has 188 valence electrons. The molecule has 2 bridgehead atoms. The molecule has 4 aromatic carbocycles. The minimum absolute atomic E-state index is 0.0185. The first-order chi connectivity index (χ1) is 18.1. The Hall–Kier alpha value is -5.31. The van der Waals surface area contributed by atoms with E-state index >= 15 is 0 Å². The molecule has 2 heterocycles. The summed E-state index contributed by atoms with van der Waals surface area (Å²) in [5.74, 6) is -2.36. The van der Waals surface area contributed by atoms with Gasteiger partial charge in [0.05, 0.1) is 5.56 Å². The molecule has 0 radical (unpaired) electrons. The molecule has 2 aromatic heterocycles. The molecule has 1 amide bonds. The summed E-state index contributed by atoms with van der Waals surface area (Å²) in [6, 6.07) is 18.1. The fourth-order valence-electron chi connectivity index (χ4n) is 4.47. The Morgan fingerprint density at radius 2 is 1.24 bits per heavy atom. The Bertz CT molecular complexity index is 1870. The van der Waals surface area contributed by atoms with Crippen molar-refractivity contribution in [3.05, 3.63) is 115 Å². The fourth-order valence-corrected chi connectivity index (χ4v) is 4.47. The number of carboxylic acids is 1. The summed E-state index contributed by atoms with van der Waals surface area (Å²) in [6.45, 7) is 3.81. The minimum atomic E-state index is -1.40. The van der Waals surface area contributed by atoms with E-state index in [-0.39, 0.29) is 44.1 Å². The number of aryl methyl sites for hydroxylation is 2. The van der Waals surface area contributed by atoms with Gasteiger partial charge in [-0.05, 0) is 56.3 Å². The number of hydrogen-bond donors (Lipinski definition) is 5. The number of carboxylic acid groups (broad SMARTS) is 1. The molecule has 0 spiro atoms. The summed E-state index contributed by atoms with van der Waals surface area (Å²) in [5, 5.41) is 24.7. The van der Waals surface area contributed by atoms with Gasteiger partial charge >= 0.3 is 5.97 Å². The van der Waals surface area contributed by atoms with Crippen molar-refractivity contribution in [1.82, 2.24) is 4.98 Å². The number of fused-ring (bicyclic) bond motifs is 3. The lowest BCUT2D eigenvalue weighted by molar-refractivity contribution is 0.0697. The molecule has 0 saturated carbocycles. The van der Waals surface area contributed by atoms with E-state index in [9.17, 15) is 24.3 Å². The Balaban J connectivity index is 1.81. The monoisotopic (exact) mass is 506 g/mol. The SMILES string of the molecule is Cc1ccc(NC(=N)c2c(C(=O)O)cc(C(=O)Nc3ccc(C)cc3)c3c4ccc(c(=O)[nH]c4=O)c23)cc1. The van der Waals surface area contributed by atoms with Gasteiger partial charge in [0.25, 0.3) is 17.0 Å². The number of aromatic nitrogens is 1. The van der Waals surface area contributed by atoms with Gasteiger partial charge in [-0.1, -0.05) is 35.4 Å². The van der Waals surface area contributed by atoms with Crippen molar-refractivity contribution in [3.63, 3.8) is 0 Å². The van der Waals surface area contributed by atoms with Crippen molar-refractivity contribution in [1.29, 1.82) is 5.41 Å². The number of carbonyl (C=O) groups excluding carboxylic acids is 1. The largest absolute Gasteiger partial charge is 0.478 e. The number of nitrogens with one attached hydrogen (secondary N) is 4. The summed E-state index contributed by atoms with van der Waals surface area (Å²) in [6.07, 6.45) is 0. The maximum absolute atomic E-state index is 13.5. The van der Waals surface area contributed by atoms with Crippen LogP contribution >= 0.6 is 0 Å². The molecule has 38 heavy (non-hydrogen) atoms. The lowest BCUT2D eigenvalue weighted by atomic mass is 9.90. The highest BCUT2D eigenvalue weighted by Crippen LogP contribution is 2.33. The smallest absolute Gasteiger partial charge is 0.336 e. The Labute approximate surface area is 215 Å². The number of aromatic carboxylic acids is 1. The molecule has 9 nitrogen and oxygen atoms in total. The molecule has 0 aliphatic heterocycles. The van der Waals surface area contributed by atoms with Gasteiger partial charge in [-0.15, -0.1) is 0 Å². The van der Waals surface area contributed by atoms with Crippen LogP contribution in [0.4, 0.5) is 11.4 Å². The van der Waals surface area contributed by atoms with Crippen LogP contribution in [0.1, 0.15) is 37.4 Å². The first-order valence-electron chi connectivity index (χ1n) is 11.7. The molecule has 6 rings (SSSR count). The zero-order valence-electron chi connectivity index (χ0n) is 20.4. The molecule has 9 heteroatoms. The average molecular weight is 507 g/mol. The zero-order chi connectivity index (χ0) is 27.1. The minimum Gasteiger partial charge on any atom is -0.478 e. The maximum atomic E-state index is 13.5. The molecule has 0 atom stereocenters. The van der Waals surface area contributed by atoms with Crippen molar-refractivity contribution in [2.45, 2.75) is 13.8 Å². The molecule has 5 N–H and O–H groups in total. The molecule has 0 aliphatic carbocycles. The number of amides is 1. The van der Waals surface area contributed by atoms with Crippen LogP contribution in [-0.4, -0.2) is 27.8 Å². The van der Waals surface area contributed by atoms with Crippen LogP contribution in [0, 0.1) is 19.3 Å². The van der Waals surface area contributed by atoms with E-state index in [2.05, 4.69) is 15.6 Å². The molecular formula is C29H22N4O5. The second-order valence-corrected chi connectivity index (χ2v) is 9.03. The van der Waals surface area contributed by atoms with E-state index in [1.165, 1.54) is 12.1 Å². The van der Waals surface area contributed by atoms with Crippen molar-refractivity contribution < 1.29 is 14.7 Å². The molecule has 0 unspecified atom stereocenters. The third-order valence-corrected chi connectivity index (χ3v) is 6.35. The highest BCUT2D eigenvalue weighted by Gasteiger charge is 2.27. The Morgan fingerprint density at radius 3 is 1.76 bits per heavy atom. The van der Waals surface area contributed by atoms with E-state index in [1.54, 1.807) is 36.4 Å². The van der Waals surface area contributed by atoms with E-state index in [1.807, 2.05) is 26.0 Å². The molecule has 6 aromatic rings. The summed E-state index contributed by atoms with van der Waals surface area (Å²) < 4.78 is 0. The van der Waals surface area contributed by atoms with Gasteiger partial charge in [-0.25, -0.2) is 4.79 Å². The van der Waals surface area contributed by atoms with Crippen LogP contribution in [0.2, 0.25) is 0 Å². The number of aromatic amines is 1. The second kappa shape index (κ2) is 9.29. The maximum Gasteiger partial charge on any atom is 0.336 e. The van der Waals surface area contributed by atoms with Crippen LogP contribution in [-0.2, 0) is 0 Å². The molecular weight excluding hydrogens is 484 g/mol. The summed E-state index contributed by atoms with van der Waals surface area (Å²) in [5.41, 5.74) is 0.920. The Kier molecular flexibility index (Phi) is 5.96. The number of benzene rings is 4. The molecule has 0 aliphatic rings.